The van der Waals surface area contributed by atoms with Crippen LogP contribution in [0.5, 0.6) is 0 Å². The van der Waals surface area contributed by atoms with Crippen molar-refractivity contribution >= 4 is 17.9 Å². The average molecular weight is 936 g/mol. The maximum Gasteiger partial charge on any atom is 0.306 e. The summed E-state index contributed by atoms with van der Waals surface area (Å²) < 4.78 is 16.8. The summed E-state index contributed by atoms with van der Waals surface area (Å²) in [7, 11) is 0. The largest absolute Gasteiger partial charge is 0.462 e. The summed E-state index contributed by atoms with van der Waals surface area (Å²) >= 11 is 0. The Morgan fingerprint density at radius 2 is 0.537 bits per heavy atom. The van der Waals surface area contributed by atoms with Crippen molar-refractivity contribution in [2.75, 3.05) is 13.2 Å². The zero-order valence-corrected chi connectivity index (χ0v) is 44.2. The van der Waals surface area contributed by atoms with Gasteiger partial charge in [-0.25, -0.2) is 0 Å². The number of unbranched alkanes of at least 4 members (excludes halogenated alkanes) is 28. The van der Waals surface area contributed by atoms with Gasteiger partial charge in [0.15, 0.2) is 6.10 Å². The van der Waals surface area contributed by atoms with E-state index in [0.29, 0.717) is 19.3 Å². The Balaban J connectivity index is 4.40. The van der Waals surface area contributed by atoms with Crippen LogP contribution in [0.2, 0.25) is 0 Å². The van der Waals surface area contributed by atoms with Gasteiger partial charge in [0.05, 0.1) is 0 Å². The molecule has 0 aromatic carbocycles. The van der Waals surface area contributed by atoms with Gasteiger partial charge in [-0.2, -0.15) is 0 Å². The summed E-state index contributed by atoms with van der Waals surface area (Å²) in [6.45, 7) is 6.56. The SMILES string of the molecule is CCCCC/C=C\C/C=C\C/C=C\C/C=C\CCCCCC(=O)OC[C@H](COC(=O)CCCCCCCCCCCCC)OC(=O)CCCCCCCCCCC/C=C\C/C=C\CCCCC. The van der Waals surface area contributed by atoms with E-state index in [4.69, 9.17) is 14.2 Å². The molecular weight excluding hydrogens is 829 g/mol. The zero-order valence-electron chi connectivity index (χ0n) is 44.2. The number of rotatable bonds is 51. The number of hydrogen-bond donors (Lipinski definition) is 0. The predicted octanol–water partition coefficient (Wildman–Crippen LogP) is 19.0. The highest BCUT2D eigenvalue weighted by Crippen LogP contribution is 2.15. The van der Waals surface area contributed by atoms with E-state index in [-0.39, 0.29) is 31.1 Å². The lowest BCUT2D eigenvalue weighted by Crippen LogP contribution is -2.30. The molecule has 0 heterocycles. The molecule has 0 saturated carbocycles. The second-order valence-corrected chi connectivity index (χ2v) is 18.8. The highest BCUT2D eigenvalue weighted by molar-refractivity contribution is 5.71. The van der Waals surface area contributed by atoms with E-state index >= 15 is 0 Å². The Morgan fingerprint density at radius 3 is 0.881 bits per heavy atom. The second-order valence-electron chi connectivity index (χ2n) is 18.8. The summed E-state index contributed by atoms with van der Waals surface area (Å²) in [5.41, 5.74) is 0. The molecule has 0 N–H and O–H groups in total. The van der Waals surface area contributed by atoms with E-state index < -0.39 is 6.10 Å². The van der Waals surface area contributed by atoms with Crippen LogP contribution in [0.1, 0.15) is 278 Å². The third-order valence-corrected chi connectivity index (χ3v) is 12.2. The van der Waals surface area contributed by atoms with Gasteiger partial charge in [-0.1, -0.05) is 235 Å². The molecule has 0 aromatic heterocycles. The molecule has 0 aliphatic rings. The van der Waals surface area contributed by atoms with Crippen molar-refractivity contribution in [3.8, 4) is 0 Å². The van der Waals surface area contributed by atoms with Crippen LogP contribution in [0.25, 0.3) is 0 Å². The number of carbonyl (C=O) groups excluding carboxylic acids is 3. The van der Waals surface area contributed by atoms with Gasteiger partial charge in [0, 0.05) is 19.3 Å². The van der Waals surface area contributed by atoms with Crippen LogP contribution >= 0.6 is 0 Å². The topological polar surface area (TPSA) is 78.9 Å². The van der Waals surface area contributed by atoms with E-state index in [2.05, 4.69) is 93.7 Å². The molecule has 0 amide bonds. The van der Waals surface area contributed by atoms with Gasteiger partial charge in [-0.15, -0.1) is 0 Å². The summed E-state index contributed by atoms with van der Waals surface area (Å²) in [5, 5.41) is 0. The molecule has 0 aliphatic heterocycles. The first kappa shape index (κ1) is 63.8. The summed E-state index contributed by atoms with van der Waals surface area (Å²) in [5.74, 6) is -0.915. The quantitative estimate of drug-likeness (QED) is 0.0262. The van der Waals surface area contributed by atoms with Crippen LogP contribution in [0, 0.1) is 0 Å². The van der Waals surface area contributed by atoms with Crippen molar-refractivity contribution in [3.05, 3.63) is 72.9 Å². The minimum Gasteiger partial charge on any atom is -0.462 e. The molecule has 0 saturated heterocycles. The monoisotopic (exact) mass is 935 g/mol. The normalized spacial score (nSPS) is 12.6. The van der Waals surface area contributed by atoms with Crippen LogP contribution in [0.15, 0.2) is 72.9 Å². The molecule has 386 valence electrons. The first-order chi connectivity index (χ1) is 33.0. The highest BCUT2D eigenvalue weighted by atomic mass is 16.6. The summed E-state index contributed by atoms with van der Waals surface area (Å²) in [6, 6.07) is 0. The van der Waals surface area contributed by atoms with Gasteiger partial charge in [0.25, 0.3) is 0 Å². The van der Waals surface area contributed by atoms with Crippen LogP contribution in [0.3, 0.4) is 0 Å². The smallest absolute Gasteiger partial charge is 0.306 e. The van der Waals surface area contributed by atoms with Crippen LogP contribution < -0.4 is 0 Å². The molecule has 6 heteroatoms. The maximum absolute atomic E-state index is 12.8. The number of hydrogen-bond acceptors (Lipinski definition) is 6. The first-order valence-electron chi connectivity index (χ1n) is 28.4. The Labute approximate surface area is 414 Å². The van der Waals surface area contributed by atoms with E-state index in [1.54, 1.807) is 0 Å². The Hall–Kier alpha value is -3.15. The van der Waals surface area contributed by atoms with Crippen LogP contribution in [-0.2, 0) is 28.6 Å². The molecule has 0 radical (unpaired) electrons. The molecule has 0 rings (SSSR count). The molecule has 0 aromatic rings. The zero-order chi connectivity index (χ0) is 48.6. The highest BCUT2D eigenvalue weighted by Gasteiger charge is 2.19. The third kappa shape index (κ3) is 53.7. The van der Waals surface area contributed by atoms with Crippen LogP contribution in [-0.4, -0.2) is 37.2 Å². The lowest BCUT2D eigenvalue weighted by Gasteiger charge is -2.18. The number of carbonyl (C=O) groups is 3. The molecule has 0 unspecified atom stereocenters. The Bertz CT molecular complexity index is 1260. The van der Waals surface area contributed by atoms with E-state index in [9.17, 15) is 14.4 Å². The lowest BCUT2D eigenvalue weighted by molar-refractivity contribution is -0.167. The number of allylic oxidation sites excluding steroid dienone is 12. The molecule has 0 spiro atoms. The molecule has 0 fully saturated rings. The molecule has 6 nitrogen and oxygen atoms in total. The summed E-state index contributed by atoms with van der Waals surface area (Å²) in [4.78, 5) is 38.1. The van der Waals surface area contributed by atoms with E-state index in [0.717, 1.165) is 89.9 Å². The van der Waals surface area contributed by atoms with Crippen molar-refractivity contribution in [2.45, 2.75) is 284 Å². The van der Waals surface area contributed by atoms with Gasteiger partial charge in [0.1, 0.15) is 13.2 Å². The molecule has 67 heavy (non-hydrogen) atoms. The first-order valence-corrected chi connectivity index (χ1v) is 28.4. The maximum atomic E-state index is 12.8. The molecule has 0 aliphatic carbocycles. The van der Waals surface area contributed by atoms with Crippen molar-refractivity contribution < 1.29 is 28.6 Å². The van der Waals surface area contributed by atoms with Crippen molar-refractivity contribution in [3.63, 3.8) is 0 Å². The lowest BCUT2D eigenvalue weighted by atomic mass is 10.1. The van der Waals surface area contributed by atoms with Gasteiger partial charge < -0.3 is 14.2 Å². The van der Waals surface area contributed by atoms with Gasteiger partial charge in [-0.3, -0.25) is 14.4 Å². The van der Waals surface area contributed by atoms with Gasteiger partial charge >= 0.3 is 17.9 Å². The Kier molecular flexibility index (Phi) is 52.8. The van der Waals surface area contributed by atoms with Crippen molar-refractivity contribution in [1.29, 1.82) is 0 Å². The average Bonchev–Trinajstić information content (AvgIpc) is 3.33. The molecule has 1 atom stereocenters. The van der Waals surface area contributed by atoms with E-state index in [1.165, 1.54) is 148 Å². The molecule has 0 bridgehead atoms. The number of esters is 3. The molecular formula is C61H106O6. The minimum absolute atomic E-state index is 0.0855. The van der Waals surface area contributed by atoms with Gasteiger partial charge in [0.2, 0.25) is 0 Å². The van der Waals surface area contributed by atoms with Crippen LogP contribution in [0.4, 0.5) is 0 Å². The van der Waals surface area contributed by atoms with Crippen molar-refractivity contribution in [1.82, 2.24) is 0 Å². The fraction of sp³-hybridized carbons (Fsp3) is 0.754. The fourth-order valence-corrected chi connectivity index (χ4v) is 7.87. The van der Waals surface area contributed by atoms with E-state index in [1.807, 2.05) is 0 Å². The predicted molar refractivity (Wildman–Crippen MR) is 288 cm³/mol. The second kappa shape index (κ2) is 55.4. The third-order valence-electron chi connectivity index (χ3n) is 12.2. The standard InChI is InChI=1S/C61H106O6/c1-4-7-10-13-16-19-22-24-26-28-30-32-34-36-39-42-45-48-51-54-60(63)66-57-58(56-65-59(62)53-50-47-44-41-38-21-18-15-12-9-6-3)67-61(64)55-52-49-46-43-40-37-35-33-31-29-27-25-23-20-17-14-11-8-5-2/h16-17,19-20,24-27,30,32,36,39,58H,4-15,18,21-23,28-29,31,33-35,37-38,40-57H2,1-3H3/b19-16-,20-17-,26-24-,27-25-,32-30-,39-36-/t58-/m0/s1. The fourth-order valence-electron chi connectivity index (χ4n) is 7.87. The minimum atomic E-state index is -0.789. The number of ether oxygens (including phenoxy) is 3. The van der Waals surface area contributed by atoms with Crippen molar-refractivity contribution in [2.24, 2.45) is 0 Å². The van der Waals surface area contributed by atoms with Gasteiger partial charge in [-0.05, 0) is 96.3 Å². The summed E-state index contributed by atoms with van der Waals surface area (Å²) in [6.07, 6.45) is 70.3. The Morgan fingerprint density at radius 1 is 0.299 bits per heavy atom.